The van der Waals surface area contributed by atoms with Gasteiger partial charge in [0.05, 0.1) is 11.3 Å². The lowest BCUT2D eigenvalue weighted by Crippen LogP contribution is -1.81. The number of hydrogen-bond acceptors (Lipinski definition) is 3. The van der Waals surface area contributed by atoms with Crippen LogP contribution in [0.15, 0.2) is 48.5 Å². The summed E-state index contributed by atoms with van der Waals surface area (Å²) in [6, 6.07) is 15.8. The van der Waals surface area contributed by atoms with Gasteiger partial charge in [-0.25, -0.2) is 4.98 Å². The van der Waals surface area contributed by atoms with E-state index < -0.39 is 0 Å². The van der Waals surface area contributed by atoms with Crippen LogP contribution in [0.25, 0.3) is 21.8 Å². The van der Waals surface area contributed by atoms with E-state index in [2.05, 4.69) is 18.2 Å². The quantitative estimate of drug-likeness (QED) is 0.562. The van der Waals surface area contributed by atoms with E-state index in [0.29, 0.717) is 5.75 Å². The van der Waals surface area contributed by atoms with E-state index in [1.807, 2.05) is 24.3 Å². The number of phenolic OH excluding ortho intramolecular Hbond substituents is 1. The monoisotopic (exact) mass is 265 g/mol. The fraction of sp³-hybridized carbons (Fsp3) is 0.0625. The van der Waals surface area contributed by atoms with Crippen molar-refractivity contribution in [2.24, 2.45) is 0 Å². The Kier molecular flexibility index (Phi) is 2.23. The zero-order chi connectivity index (χ0) is 12.8. The Morgan fingerprint density at radius 1 is 0.947 bits per heavy atom. The van der Waals surface area contributed by atoms with Crippen LogP contribution in [0.1, 0.15) is 10.4 Å². The molecule has 0 saturated heterocycles. The lowest BCUT2D eigenvalue weighted by molar-refractivity contribution is 0.477. The van der Waals surface area contributed by atoms with E-state index in [1.165, 1.54) is 16.0 Å². The van der Waals surface area contributed by atoms with Gasteiger partial charge in [-0.3, -0.25) is 0 Å². The van der Waals surface area contributed by atoms with Crippen molar-refractivity contribution in [3.63, 3.8) is 0 Å². The second kappa shape index (κ2) is 3.93. The summed E-state index contributed by atoms with van der Waals surface area (Å²) in [5.41, 5.74) is 4.48. The molecule has 0 bridgehead atoms. The molecule has 1 aromatic heterocycles. The van der Waals surface area contributed by atoms with Gasteiger partial charge in [-0.1, -0.05) is 36.4 Å². The molecule has 2 nitrogen and oxygen atoms in total. The van der Waals surface area contributed by atoms with Crippen LogP contribution in [-0.2, 0) is 6.42 Å². The molecule has 1 aliphatic carbocycles. The van der Waals surface area contributed by atoms with Crippen molar-refractivity contribution >= 4 is 11.3 Å². The van der Waals surface area contributed by atoms with Crippen LogP contribution in [0.5, 0.6) is 5.75 Å². The van der Waals surface area contributed by atoms with Gasteiger partial charge >= 0.3 is 0 Å². The topological polar surface area (TPSA) is 33.1 Å². The first-order valence-electron chi connectivity index (χ1n) is 6.19. The maximum absolute atomic E-state index is 9.92. The van der Waals surface area contributed by atoms with Gasteiger partial charge in [-0.05, 0) is 17.7 Å². The summed E-state index contributed by atoms with van der Waals surface area (Å²) in [6.45, 7) is 0. The van der Waals surface area contributed by atoms with Crippen molar-refractivity contribution in [3.8, 4) is 27.6 Å². The van der Waals surface area contributed by atoms with E-state index >= 15 is 0 Å². The van der Waals surface area contributed by atoms with Crippen molar-refractivity contribution in [2.45, 2.75) is 6.42 Å². The molecule has 1 N–H and O–H groups in total. The number of benzene rings is 2. The van der Waals surface area contributed by atoms with Crippen LogP contribution < -0.4 is 0 Å². The zero-order valence-electron chi connectivity index (χ0n) is 10.1. The molecular formula is C16H11NOS. The smallest absolute Gasteiger partial charge is 0.128 e. The molecule has 0 radical (unpaired) electrons. The molecular weight excluding hydrogens is 254 g/mol. The Morgan fingerprint density at radius 2 is 1.68 bits per heavy atom. The fourth-order valence-corrected chi connectivity index (χ4v) is 3.66. The Hall–Kier alpha value is -2.13. The van der Waals surface area contributed by atoms with Gasteiger partial charge in [0.1, 0.15) is 10.8 Å². The van der Waals surface area contributed by atoms with Crippen LogP contribution >= 0.6 is 11.3 Å². The maximum atomic E-state index is 9.92. The van der Waals surface area contributed by atoms with E-state index in [-0.39, 0.29) is 0 Å². The normalized spacial score (nSPS) is 12.2. The average Bonchev–Trinajstić information content (AvgIpc) is 2.96. The molecule has 4 rings (SSSR count). The van der Waals surface area contributed by atoms with Gasteiger partial charge in [0.2, 0.25) is 0 Å². The van der Waals surface area contributed by atoms with E-state index in [1.54, 1.807) is 17.4 Å². The molecule has 1 heterocycles. The number of phenols is 1. The third-order valence-corrected chi connectivity index (χ3v) is 4.54. The Morgan fingerprint density at radius 3 is 2.53 bits per heavy atom. The zero-order valence-corrected chi connectivity index (χ0v) is 10.9. The molecule has 0 unspecified atom stereocenters. The van der Waals surface area contributed by atoms with Gasteiger partial charge in [0, 0.05) is 16.9 Å². The van der Waals surface area contributed by atoms with Crippen LogP contribution in [0.4, 0.5) is 0 Å². The number of rotatable bonds is 1. The molecule has 0 fully saturated rings. The predicted molar refractivity (Wildman–Crippen MR) is 77.5 cm³/mol. The summed E-state index contributed by atoms with van der Waals surface area (Å²) in [7, 11) is 0. The Labute approximate surface area is 115 Å². The molecule has 92 valence electrons. The van der Waals surface area contributed by atoms with Crippen LogP contribution in [0.2, 0.25) is 0 Å². The second-order valence-corrected chi connectivity index (χ2v) is 5.73. The van der Waals surface area contributed by atoms with Crippen molar-refractivity contribution in [1.29, 1.82) is 0 Å². The third kappa shape index (κ3) is 1.59. The number of nitrogens with zero attached hydrogens (tertiary/aromatic N) is 1. The van der Waals surface area contributed by atoms with Crippen molar-refractivity contribution in [1.82, 2.24) is 4.98 Å². The highest BCUT2D eigenvalue weighted by atomic mass is 32.1. The minimum Gasteiger partial charge on any atom is -0.507 e. The van der Waals surface area contributed by atoms with Gasteiger partial charge in [0.25, 0.3) is 0 Å². The molecule has 1 aliphatic rings. The van der Waals surface area contributed by atoms with Crippen molar-refractivity contribution in [3.05, 3.63) is 59.0 Å². The van der Waals surface area contributed by atoms with E-state index in [4.69, 9.17) is 4.98 Å². The summed E-state index contributed by atoms with van der Waals surface area (Å²) >= 11 is 1.67. The summed E-state index contributed by atoms with van der Waals surface area (Å²) < 4.78 is 0. The van der Waals surface area contributed by atoms with Crippen LogP contribution in [0, 0.1) is 0 Å². The molecule has 0 saturated carbocycles. The second-order valence-electron chi connectivity index (χ2n) is 4.64. The van der Waals surface area contributed by atoms with Gasteiger partial charge in [0.15, 0.2) is 0 Å². The fourth-order valence-electron chi connectivity index (χ4n) is 2.53. The van der Waals surface area contributed by atoms with Crippen LogP contribution in [-0.4, -0.2) is 10.1 Å². The summed E-state index contributed by atoms with van der Waals surface area (Å²) in [4.78, 5) is 6.01. The number of aromatic nitrogens is 1. The highest BCUT2D eigenvalue weighted by Crippen LogP contribution is 2.43. The number of fused-ring (bicyclic) bond motifs is 3. The number of aromatic hydroxyl groups is 1. The first kappa shape index (κ1) is 10.8. The lowest BCUT2D eigenvalue weighted by Gasteiger charge is -2.01. The first-order valence-corrected chi connectivity index (χ1v) is 7.01. The largest absolute Gasteiger partial charge is 0.507 e. The van der Waals surface area contributed by atoms with Gasteiger partial charge < -0.3 is 5.11 Å². The highest BCUT2D eigenvalue weighted by molar-refractivity contribution is 7.15. The van der Waals surface area contributed by atoms with E-state index in [0.717, 1.165) is 22.7 Å². The number of para-hydroxylation sites is 1. The number of thiazole rings is 1. The third-order valence-electron chi connectivity index (χ3n) is 3.46. The maximum Gasteiger partial charge on any atom is 0.128 e. The van der Waals surface area contributed by atoms with E-state index in [9.17, 15) is 5.11 Å². The lowest BCUT2D eigenvalue weighted by atomic mass is 10.1. The SMILES string of the molecule is Oc1ccccc1-c1nc2c(s1)Cc1ccccc1-2. The molecule has 2 aromatic carbocycles. The summed E-state index contributed by atoms with van der Waals surface area (Å²) in [6.07, 6.45) is 0.955. The molecule has 0 amide bonds. The first-order chi connectivity index (χ1) is 9.33. The number of hydrogen-bond donors (Lipinski definition) is 1. The summed E-state index contributed by atoms with van der Waals surface area (Å²) in [5.74, 6) is 0.295. The molecule has 0 aliphatic heterocycles. The minimum absolute atomic E-state index is 0.295. The summed E-state index contributed by atoms with van der Waals surface area (Å²) in [5, 5.41) is 10.8. The molecule has 0 atom stereocenters. The predicted octanol–water partition coefficient (Wildman–Crippen LogP) is 4.09. The van der Waals surface area contributed by atoms with Crippen LogP contribution in [0.3, 0.4) is 0 Å². The Balaban J connectivity index is 1.87. The van der Waals surface area contributed by atoms with Gasteiger partial charge in [-0.15, -0.1) is 11.3 Å². The molecule has 3 heteroatoms. The standard InChI is InChI=1S/C16H11NOS/c18-13-8-4-3-7-12(13)16-17-15-11-6-2-1-5-10(11)9-14(15)19-16/h1-8,18H,9H2. The highest BCUT2D eigenvalue weighted by Gasteiger charge is 2.23. The van der Waals surface area contributed by atoms with Crippen molar-refractivity contribution < 1.29 is 5.11 Å². The minimum atomic E-state index is 0.295. The molecule has 3 aromatic rings. The molecule has 0 spiro atoms. The molecule has 19 heavy (non-hydrogen) atoms. The average molecular weight is 265 g/mol. The van der Waals surface area contributed by atoms with Crippen molar-refractivity contribution in [2.75, 3.05) is 0 Å². The Bertz CT molecular complexity index is 776. The van der Waals surface area contributed by atoms with Gasteiger partial charge in [-0.2, -0.15) is 0 Å².